The first-order valence-corrected chi connectivity index (χ1v) is 4.85. The van der Waals surface area contributed by atoms with Crippen molar-refractivity contribution in [2.24, 2.45) is 0 Å². The van der Waals surface area contributed by atoms with Crippen LogP contribution in [-0.4, -0.2) is 12.6 Å². The molecule has 13 heavy (non-hydrogen) atoms. The monoisotopic (exact) mass is 240 g/mol. The van der Waals surface area contributed by atoms with E-state index in [0.717, 1.165) is 10.0 Å². The average Bonchev–Trinajstić information content (AvgIpc) is 2.52. The predicted octanol–water partition coefficient (Wildman–Crippen LogP) is 1.80. The van der Waals surface area contributed by atoms with Gasteiger partial charge in [0, 0.05) is 11.0 Å². The van der Waals surface area contributed by atoms with E-state index in [-0.39, 0.29) is 12.1 Å². The minimum atomic E-state index is -0.0926. The zero-order valence-corrected chi connectivity index (χ0v) is 8.47. The molecule has 2 rings (SSSR count). The molecule has 1 fully saturated rings. The molecule has 2 N–H and O–H groups in total. The predicted molar refractivity (Wildman–Crippen MR) is 53.4 cm³/mol. The van der Waals surface area contributed by atoms with Gasteiger partial charge in [-0.2, -0.15) is 0 Å². The number of carbonyl (C=O) groups is 1. The highest BCUT2D eigenvalue weighted by molar-refractivity contribution is 9.10. The van der Waals surface area contributed by atoms with E-state index in [1.165, 1.54) is 0 Å². The molecule has 1 aromatic carbocycles. The Kier molecular flexibility index (Phi) is 2.22. The van der Waals surface area contributed by atoms with Crippen LogP contribution in [0.4, 0.5) is 4.79 Å². The SMILES string of the molecule is O=C1NC[C@H](c2cccc(Br)c2)N1. The molecule has 4 heteroatoms. The number of hydrogen-bond donors (Lipinski definition) is 2. The van der Waals surface area contributed by atoms with Gasteiger partial charge in [0.1, 0.15) is 0 Å². The van der Waals surface area contributed by atoms with Crippen molar-refractivity contribution in [3.8, 4) is 0 Å². The van der Waals surface area contributed by atoms with Gasteiger partial charge in [-0.15, -0.1) is 0 Å². The van der Waals surface area contributed by atoms with Gasteiger partial charge < -0.3 is 10.6 Å². The highest BCUT2D eigenvalue weighted by Gasteiger charge is 2.21. The number of carbonyl (C=O) groups excluding carboxylic acids is 1. The van der Waals surface area contributed by atoms with Gasteiger partial charge in [-0.05, 0) is 17.7 Å². The normalized spacial score (nSPS) is 21.0. The standard InChI is InChI=1S/C9H9BrN2O/c10-7-3-1-2-6(4-7)8-5-11-9(13)12-8/h1-4,8H,5H2,(H2,11,12,13)/t8-/m1/s1. The summed E-state index contributed by atoms with van der Waals surface area (Å²) < 4.78 is 1.03. The van der Waals surface area contributed by atoms with Gasteiger partial charge >= 0.3 is 6.03 Å². The highest BCUT2D eigenvalue weighted by Crippen LogP contribution is 2.19. The lowest BCUT2D eigenvalue weighted by Crippen LogP contribution is -2.21. The Morgan fingerprint density at radius 3 is 2.92 bits per heavy atom. The van der Waals surface area contributed by atoms with Crippen molar-refractivity contribution < 1.29 is 4.79 Å². The van der Waals surface area contributed by atoms with Crippen LogP contribution in [0.15, 0.2) is 28.7 Å². The van der Waals surface area contributed by atoms with Crippen LogP contribution in [-0.2, 0) is 0 Å². The number of amides is 2. The molecule has 1 aliphatic heterocycles. The molecule has 1 aliphatic rings. The fraction of sp³-hybridized carbons (Fsp3) is 0.222. The first-order chi connectivity index (χ1) is 6.25. The molecule has 1 saturated heterocycles. The molecule has 0 bridgehead atoms. The maximum atomic E-state index is 10.9. The van der Waals surface area contributed by atoms with Gasteiger partial charge in [0.2, 0.25) is 0 Å². The van der Waals surface area contributed by atoms with Crippen LogP contribution in [0, 0.1) is 0 Å². The summed E-state index contributed by atoms with van der Waals surface area (Å²) in [5.41, 5.74) is 1.12. The summed E-state index contributed by atoms with van der Waals surface area (Å²) in [6, 6.07) is 7.95. The van der Waals surface area contributed by atoms with E-state index in [1.54, 1.807) is 0 Å². The molecule has 0 spiro atoms. The largest absolute Gasteiger partial charge is 0.336 e. The van der Waals surface area contributed by atoms with Crippen LogP contribution in [0.25, 0.3) is 0 Å². The number of benzene rings is 1. The number of urea groups is 1. The second-order valence-electron chi connectivity index (χ2n) is 2.96. The van der Waals surface area contributed by atoms with Crippen LogP contribution in [0.2, 0.25) is 0 Å². The lowest BCUT2D eigenvalue weighted by Gasteiger charge is -2.08. The van der Waals surface area contributed by atoms with Gasteiger partial charge in [0.25, 0.3) is 0 Å². The minimum absolute atomic E-state index is 0.0926. The van der Waals surface area contributed by atoms with E-state index >= 15 is 0 Å². The molecule has 3 nitrogen and oxygen atoms in total. The number of nitrogens with one attached hydrogen (secondary N) is 2. The van der Waals surface area contributed by atoms with E-state index in [1.807, 2.05) is 24.3 Å². The topological polar surface area (TPSA) is 41.1 Å². The molecule has 1 heterocycles. The van der Waals surface area contributed by atoms with E-state index in [2.05, 4.69) is 26.6 Å². The molecule has 0 radical (unpaired) electrons. The van der Waals surface area contributed by atoms with Crippen LogP contribution in [0.3, 0.4) is 0 Å². The molecule has 1 aromatic rings. The molecule has 0 unspecified atom stereocenters. The lowest BCUT2D eigenvalue weighted by molar-refractivity contribution is 0.247. The molecular formula is C9H9BrN2O. The summed E-state index contributed by atoms with van der Waals surface area (Å²) in [7, 11) is 0. The fourth-order valence-electron chi connectivity index (χ4n) is 1.38. The van der Waals surface area contributed by atoms with Gasteiger partial charge in [-0.25, -0.2) is 4.79 Å². The van der Waals surface area contributed by atoms with Crippen molar-refractivity contribution in [2.75, 3.05) is 6.54 Å². The fourth-order valence-corrected chi connectivity index (χ4v) is 1.80. The van der Waals surface area contributed by atoms with E-state index < -0.39 is 0 Å². The maximum absolute atomic E-state index is 10.9. The Bertz CT molecular complexity index is 340. The Morgan fingerprint density at radius 2 is 2.31 bits per heavy atom. The number of hydrogen-bond acceptors (Lipinski definition) is 1. The Balaban J connectivity index is 2.21. The summed E-state index contributed by atoms with van der Waals surface area (Å²) in [5.74, 6) is 0. The first kappa shape index (κ1) is 8.56. The molecular weight excluding hydrogens is 232 g/mol. The smallest absolute Gasteiger partial charge is 0.315 e. The quantitative estimate of drug-likeness (QED) is 0.773. The minimum Gasteiger partial charge on any atom is -0.336 e. The maximum Gasteiger partial charge on any atom is 0.315 e. The second-order valence-corrected chi connectivity index (χ2v) is 3.88. The van der Waals surface area contributed by atoms with Crippen LogP contribution < -0.4 is 10.6 Å². The Morgan fingerprint density at radius 1 is 1.46 bits per heavy atom. The van der Waals surface area contributed by atoms with Gasteiger partial charge in [-0.3, -0.25) is 0 Å². The van der Waals surface area contributed by atoms with Gasteiger partial charge in [0.05, 0.1) is 6.04 Å². The molecule has 0 aliphatic carbocycles. The van der Waals surface area contributed by atoms with Crippen molar-refractivity contribution in [3.05, 3.63) is 34.3 Å². The van der Waals surface area contributed by atoms with Crippen molar-refractivity contribution >= 4 is 22.0 Å². The third kappa shape index (κ3) is 1.83. The summed E-state index contributed by atoms with van der Waals surface area (Å²) in [6.45, 7) is 0.662. The van der Waals surface area contributed by atoms with E-state index in [4.69, 9.17) is 0 Å². The zero-order valence-electron chi connectivity index (χ0n) is 6.88. The summed E-state index contributed by atoms with van der Waals surface area (Å²) in [6.07, 6.45) is 0. The van der Waals surface area contributed by atoms with Crippen molar-refractivity contribution in [2.45, 2.75) is 6.04 Å². The van der Waals surface area contributed by atoms with Crippen molar-refractivity contribution in [3.63, 3.8) is 0 Å². The molecule has 0 saturated carbocycles. The summed E-state index contributed by atoms with van der Waals surface area (Å²) in [5, 5.41) is 5.55. The molecule has 1 atom stereocenters. The summed E-state index contributed by atoms with van der Waals surface area (Å²) >= 11 is 3.39. The van der Waals surface area contributed by atoms with Crippen LogP contribution in [0.5, 0.6) is 0 Å². The molecule has 0 aromatic heterocycles. The van der Waals surface area contributed by atoms with Gasteiger partial charge in [0.15, 0.2) is 0 Å². The molecule has 2 amide bonds. The zero-order chi connectivity index (χ0) is 9.26. The third-order valence-corrected chi connectivity index (χ3v) is 2.52. The van der Waals surface area contributed by atoms with E-state index in [9.17, 15) is 4.79 Å². The lowest BCUT2D eigenvalue weighted by atomic mass is 10.1. The average molecular weight is 241 g/mol. The van der Waals surface area contributed by atoms with Crippen molar-refractivity contribution in [1.82, 2.24) is 10.6 Å². The first-order valence-electron chi connectivity index (χ1n) is 4.05. The highest BCUT2D eigenvalue weighted by atomic mass is 79.9. The number of rotatable bonds is 1. The van der Waals surface area contributed by atoms with Crippen molar-refractivity contribution in [1.29, 1.82) is 0 Å². The third-order valence-electron chi connectivity index (χ3n) is 2.02. The summed E-state index contributed by atoms with van der Waals surface area (Å²) in [4.78, 5) is 10.9. The van der Waals surface area contributed by atoms with Crippen LogP contribution in [0.1, 0.15) is 11.6 Å². The van der Waals surface area contributed by atoms with E-state index in [0.29, 0.717) is 6.54 Å². The molecule has 68 valence electrons. The Labute approximate surface area is 84.6 Å². The Hall–Kier alpha value is -1.03. The number of halogens is 1. The second kappa shape index (κ2) is 3.38. The van der Waals surface area contributed by atoms with Gasteiger partial charge in [-0.1, -0.05) is 28.1 Å². The van der Waals surface area contributed by atoms with Crippen LogP contribution >= 0.6 is 15.9 Å².